The van der Waals surface area contributed by atoms with Crippen LogP contribution in [0.3, 0.4) is 0 Å². The number of nitrogens with zero attached hydrogens (tertiary/aromatic N) is 2. The highest BCUT2D eigenvalue weighted by Crippen LogP contribution is 2.30. The number of carboxylic acid groups (broad SMARTS) is 1. The van der Waals surface area contributed by atoms with Crippen molar-refractivity contribution in [2.24, 2.45) is 11.8 Å². The number of carboxylic acids is 1. The molecule has 98 valence electrons. The third-order valence-corrected chi connectivity index (χ3v) is 3.83. The van der Waals surface area contributed by atoms with E-state index in [0.717, 1.165) is 24.3 Å². The fraction of sp³-hybridized carbons (Fsp3) is 0.571. The molecule has 1 N–H and O–H groups in total. The van der Waals surface area contributed by atoms with Crippen LogP contribution in [0.4, 0.5) is 5.82 Å². The molecular formula is C14H20N2O2. The number of anilines is 1. The number of hydrogen-bond acceptors (Lipinski definition) is 3. The predicted molar refractivity (Wildman–Crippen MR) is 71.2 cm³/mol. The van der Waals surface area contributed by atoms with Gasteiger partial charge in [-0.15, -0.1) is 0 Å². The van der Waals surface area contributed by atoms with Crippen LogP contribution in [0, 0.1) is 25.7 Å². The minimum atomic E-state index is -0.887. The molecule has 0 spiro atoms. The summed E-state index contributed by atoms with van der Waals surface area (Å²) in [5.74, 6) is 0.905. The second kappa shape index (κ2) is 4.59. The summed E-state index contributed by atoms with van der Waals surface area (Å²) in [7, 11) is 0. The number of aromatic carboxylic acids is 1. The van der Waals surface area contributed by atoms with Crippen LogP contribution >= 0.6 is 0 Å². The lowest BCUT2D eigenvalue weighted by Crippen LogP contribution is -2.24. The zero-order chi connectivity index (χ0) is 13.4. The molecule has 1 aromatic heterocycles. The molecule has 2 heterocycles. The molecule has 0 bridgehead atoms. The summed E-state index contributed by atoms with van der Waals surface area (Å²) >= 11 is 0. The van der Waals surface area contributed by atoms with E-state index in [0.29, 0.717) is 23.2 Å². The molecule has 1 aromatic rings. The molecule has 1 fully saturated rings. The quantitative estimate of drug-likeness (QED) is 0.873. The Labute approximate surface area is 108 Å². The molecule has 2 atom stereocenters. The second-order valence-electron chi connectivity index (χ2n) is 5.44. The maximum absolute atomic E-state index is 11.4. The van der Waals surface area contributed by atoms with Crippen molar-refractivity contribution in [3.63, 3.8) is 0 Å². The van der Waals surface area contributed by atoms with Crippen LogP contribution < -0.4 is 4.90 Å². The first-order valence-electron chi connectivity index (χ1n) is 6.36. The Morgan fingerprint density at radius 3 is 2.39 bits per heavy atom. The highest BCUT2D eigenvalue weighted by atomic mass is 16.4. The lowest BCUT2D eigenvalue weighted by Gasteiger charge is -2.21. The molecule has 0 aromatic carbocycles. The maximum atomic E-state index is 11.4. The first kappa shape index (κ1) is 12.9. The second-order valence-corrected chi connectivity index (χ2v) is 5.44. The predicted octanol–water partition coefficient (Wildman–Crippen LogP) is 2.49. The van der Waals surface area contributed by atoms with Crippen LogP contribution in [0.15, 0.2) is 6.07 Å². The first-order valence-corrected chi connectivity index (χ1v) is 6.36. The van der Waals surface area contributed by atoms with Crippen molar-refractivity contribution in [1.82, 2.24) is 4.98 Å². The van der Waals surface area contributed by atoms with Crippen molar-refractivity contribution in [1.29, 1.82) is 0 Å². The fourth-order valence-electron chi connectivity index (χ4n) is 2.61. The van der Waals surface area contributed by atoms with Crippen molar-refractivity contribution >= 4 is 11.8 Å². The molecule has 18 heavy (non-hydrogen) atoms. The van der Waals surface area contributed by atoms with E-state index in [1.165, 1.54) is 0 Å². The lowest BCUT2D eigenvalue weighted by atomic mass is 10.0. The summed E-state index contributed by atoms with van der Waals surface area (Å²) in [5.41, 5.74) is 2.01. The smallest absolute Gasteiger partial charge is 0.339 e. The van der Waals surface area contributed by atoms with Gasteiger partial charge in [-0.25, -0.2) is 9.78 Å². The molecule has 2 unspecified atom stereocenters. The number of aryl methyl sites for hydroxylation is 2. The average Bonchev–Trinajstić information content (AvgIpc) is 2.57. The van der Waals surface area contributed by atoms with Crippen LogP contribution in [0.5, 0.6) is 0 Å². The highest BCUT2D eigenvalue weighted by Gasteiger charge is 2.30. The molecule has 1 aliphatic rings. The summed E-state index contributed by atoms with van der Waals surface area (Å²) in [6.07, 6.45) is 0. The lowest BCUT2D eigenvalue weighted by molar-refractivity contribution is 0.0696. The Kier molecular flexibility index (Phi) is 3.28. The van der Waals surface area contributed by atoms with Gasteiger partial charge < -0.3 is 10.0 Å². The van der Waals surface area contributed by atoms with Crippen molar-refractivity contribution in [2.75, 3.05) is 18.0 Å². The van der Waals surface area contributed by atoms with Gasteiger partial charge in [-0.3, -0.25) is 0 Å². The molecule has 0 amide bonds. The molecule has 4 nitrogen and oxygen atoms in total. The van der Waals surface area contributed by atoms with Crippen molar-refractivity contribution in [3.8, 4) is 0 Å². The van der Waals surface area contributed by atoms with E-state index in [-0.39, 0.29) is 0 Å². The maximum Gasteiger partial charge on any atom is 0.339 e. The zero-order valence-corrected chi connectivity index (χ0v) is 11.4. The number of hydrogen-bond donors (Lipinski definition) is 1. The van der Waals surface area contributed by atoms with E-state index in [1.54, 1.807) is 0 Å². The van der Waals surface area contributed by atoms with E-state index in [4.69, 9.17) is 0 Å². The van der Waals surface area contributed by atoms with E-state index >= 15 is 0 Å². The third kappa shape index (κ3) is 2.19. The van der Waals surface area contributed by atoms with Gasteiger partial charge in [-0.05, 0) is 37.3 Å². The summed E-state index contributed by atoms with van der Waals surface area (Å²) in [6.45, 7) is 9.92. The van der Waals surface area contributed by atoms with E-state index in [9.17, 15) is 9.90 Å². The number of rotatable bonds is 2. The van der Waals surface area contributed by atoms with Gasteiger partial charge >= 0.3 is 5.97 Å². The Balaban J connectivity index is 2.47. The Hall–Kier alpha value is -1.58. The van der Waals surface area contributed by atoms with Crippen molar-refractivity contribution in [2.45, 2.75) is 27.7 Å². The molecule has 4 heteroatoms. The molecule has 1 aliphatic heterocycles. The van der Waals surface area contributed by atoms with Crippen LogP contribution in [0.25, 0.3) is 0 Å². The van der Waals surface area contributed by atoms with Crippen molar-refractivity contribution < 1.29 is 9.90 Å². The number of carbonyl (C=O) groups is 1. The highest BCUT2D eigenvalue weighted by molar-refractivity contribution is 5.95. The van der Waals surface area contributed by atoms with Gasteiger partial charge in [-0.2, -0.15) is 0 Å². The average molecular weight is 248 g/mol. The summed E-state index contributed by atoms with van der Waals surface area (Å²) < 4.78 is 0. The molecule has 0 radical (unpaired) electrons. The van der Waals surface area contributed by atoms with Gasteiger partial charge in [0.25, 0.3) is 0 Å². The van der Waals surface area contributed by atoms with E-state index in [2.05, 4.69) is 23.7 Å². The molecule has 1 saturated heterocycles. The minimum Gasteiger partial charge on any atom is -0.478 e. The van der Waals surface area contributed by atoms with Crippen LogP contribution in [-0.4, -0.2) is 29.1 Å². The van der Waals surface area contributed by atoms with Gasteiger partial charge in [0.2, 0.25) is 0 Å². The fourth-order valence-corrected chi connectivity index (χ4v) is 2.61. The summed E-state index contributed by atoms with van der Waals surface area (Å²) in [4.78, 5) is 18.0. The summed E-state index contributed by atoms with van der Waals surface area (Å²) in [6, 6.07) is 1.83. The number of aromatic nitrogens is 1. The van der Waals surface area contributed by atoms with Crippen LogP contribution in [-0.2, 0) is 0 Å². The van der Waals surface area contributed by atoms with Gasteiger partial charge in [-0.1, -0.05) is 13.8 Å². The number of pyridine rings is 1. The SMILES string of the molecule is Cc1cc(C)c(C(=O)O)c(N2CC(C)C(C)C2)n1. The third-order valence-electron chi connectivity index (χ3n) is 3.83. The first-order chi connectivity index (χ1) is 8.40. The van der Waals surface area contributed by atoms with E-state index in [1.807, 2.05) is 19.9 Å². The minimum absolute atomic E-state index is 0.349. The Bertz CT molecular complexity index is 475. The standard InChI is InChI=1S/C14H20N2O2/c1-8-5-11(4)15-13(12(8)14(17)18)16-6-9(2)10(3)7-16/h5,9-10H,6-7H2,1-4H3,(H,17,18). The molecular weight excluding hydrogens is 228 g/mol. The monoisotopic (exact) mass is 248 g/mol. The topological polar surface area (TPSA) is 53.4 Å². The Morgan fingerprint density at radius 1 is 1.33 bits per heavy atom. The van der Waals surface area contributed by atoms with E-state index < -0.39 is 5.97 Å². The van der Waals surface area contributed by atoms with Crippen LogP contribution in [0.1, 0.15) is 35.5 Å². The van der Waals surface area contributed by atoms with Crippen molar-refractivity contribution in [3.05, 3.63) is 22.9 Å². The molecule has 0 aliphatic carbocycles. The van der Waals surface area contributed by atoms with Gasteiger partial charge in [0.1, 0.15) is 11.4 Å². The van der Waals surface area contributed by atoms with Gasteiger partial charge in [0.05, 0.1) is 0 Å². The zero-order valence-electron chi connectivity index (χ0n) is 11.4. The van der Waals surface area contributed by atoms with Gasteiger partial charge in [0, 0.05) is 18.8 Å². The van der Waals surface area contributed by atoms with Gasteiger partial charge in [0.15, 0.2) is 0 Å². The molecule has 0 saturated carbocycles. The van der Waals surface area contributed by atoms with Crippen LogP contribution in [0.2, 0.25) is 0 Å². The largest absolute Gasteiger partial charge is 0.478 e. The normalized spacial score (nSPS) is 23.4. The molecule has 2 rings (SSSR count). The Morgan fingerprint density at radius 2 is 1.89 bits per heavy atom. The summed E-state index contributed by atoms with van der Waals surface area (Å²) in [5, 5.41) is 9.36.